The van der Waals surface area contributed by atoms with E-state index < -0.39 is 6.10 Å². The number of hydrogen-bond donors (Lipinski definition) is 0. The van der Waals surface area contributed by atoms with Crippen LogP contribution in [0.3, 0.4) is 0 Å². The van der Waals surface area contributed by atoms with Crippen molar-refractivity contribution in [1.29, 1.82) is 0 Å². The fourth-order valence-electron chi connectivity index (χ4n) is 8.71. The van der Waals surface area contributed by atoms with Crippen molar-refractivity contribution in [3.8, 4) is 0 Å². The van der Waals surface area contributed by atoms with Crippen molar-refractivity contribution < 1.29 is 23.8 Å². The van der Waals surface area contributed by atoms with Crippen LogP contribution in [0.1, 0.15) is 316 Å². The highest BCUT2D eigenvalue weighted by atomic mass is 16.6. The van der Waals surface area contributed by atoms with Gasteiger partial charge >= 0.3 is 11.9 Å². The van der Waals surface area contributed by atoms with E-state index in [0.29, 0.717) is 26.1 Å². The first-order valence-electron chi connectivity index (χ1n) is 29.5. The Hall–Kier alpha value is -1.88. The third-order valence-corrected chi connectivity index (χ3v) is 13.1. The highest BCUT2D eigenvalue weighted by molar-refractivity contribution is 5.70. The lowest BCUT2D eigenvalue weighted by Gasteiger charge is -2.18. The van der Waals surface area contributed by atoms with Crippen LogP contribution in [-0.2, 0) is 23.8 Å². The molecule has 0 rings (SSSR count). The molecule has 66 heavy (non-hydrogen) atoms. The Balaban J connectivity index is 4.16. The third-order valence-electron chi connectivity index (χ3n) is 13.1. The molecule has 0 aromatic rings. The molecule has 0 radical (unpaired) electrons. The minimum Gasteiger partial charge on any atom is -0.462 e. The van der Waals surface area contributed by atoms with Gasteiger partial charge in [-0.05, 0) is 77.0 Å². The van der Waals surface area contributed by atoms with Gasteiger partial charge in [0.15, 0.2) is 6.10 Å². The monoisotopic (exact) mass is 927 g/mol. The first kappa shape index (κ1) is 64.1. The highest BCUT2D eigenvalue weighted by Gasteiger charge is 2.17. The van der Waals surface area contributed by atoms with Gasteiger partial charge in [-0.25, -0.2) is 0 Å². The number of unbranched alkanes of at least 4 members (excludes halogenated alkanes) is 38. The van der Waals surface area contributed by atoms with Gasteiger partial charge in [0.1, 0.15) is 6.61 Å². The lowest BCUT2D eigenvalue weighted by atomic mass is 10.1. The number of carbonyl (C=O) groups is 2. The lowest BCUT2D eigenvalue weighted by Crippen LogP contribution is -2.30. The summed E-state index contributed by atoms with van der Waals surface area (Å²) in [6.45, 7) is 7.84. The summed E-state index contributed by atoms with van der Waals surface area (Å²) in [5.41, 5.74) is 0. The summed E-state index contributed by atoms with van der Waals surface area (Å²) in [6, 6.07) is 0. The minimum absolute atomic E-state index is 0.0886. The quantitative estimate of drug-likeness (QED) is 0.0345. The number of carbonyl (C=O) groups excluding carboxylic acids is 2. The standard InChI is InChI=1S/C61H114O5/c1-4-7-10-13-16-19-22-24-26-28-30-32-34-36-38-41-44-47-50-53-56-64-57-59(66-61(63)55-52-49-46-43-39-21-18-15-12-9-6-3)58-65-60(62)54-51-48-45-42-40-37-35-33-31-29-27-25-23-20-17-14-11-8-5-2/h16,19,24-27,59H,4-15,17-18,20-23,28-58H2,1-3H3/b19-16-,26-24-,27-25-. The molecule has 0 N–H and O–H groups in total. The van der Waals surface area contributed by atoms with Crippen molar-refractivity contribution in [3.63, 3.8) is 0 Å². The van der Waals surface area contributed by atoms with E-state index in [-0.39, 0.29) is 18.5 Å². The van der Waals surface area contributed by atoms with Crippen LogP contribution in [-0.4, -0.2) is 37.9 Å². The number of rotatable bonds is 55. The van der Waals surface area contributed by atoms with Gasteiger partial charge in [0.2, 0.25) is 0 Å². The topological polar surface area (TPSA) is 61.8 Å². The molecule has 5 nitrogen and oxygen atoms in total. The van der Waals surface area contributed by atoms with Crippen LogP contribution in [0.4, 0.5) is 0 Å². The van der Waals surface area contributed by atoms with E-state index in [1.807, 2.05) is 0 Å². The summed E-state index contributed by atoms with van der Waals surface area (Å²) in [5, 5.41) is 0. The maximum atomic E-state index is 12.8. The number of esters is 2. The molecule has 0 saturated heterocycles. The van der Waals surface area contributed by atoms with Gasteiger partial charge in [-0.3, -0.25) is 9.59 Å². The fraction of sp³-hybridized carbons (Fsp3) is 0.869. The van der Waals surface area contributed by atoms with Crippen LogP contribution in [0.2, 0.25) is 0 Å². The van der Waals surface area contributed by atoms with Crippen LogP contribution in [0.5, 0.6) is 0 Å². The molecule has 0 amide bonds. The summed E-state index contributed by atoms with van der Waals surface area (Å²) in [4.78, 5) is 25.5. The Bertz CT molecular complexity index is 1050. The van der Waals surface area contributed by atoms with Crippen LogP contribution in [0.15, 0.2) is 36.5 Å². The third kappa shape index (κ3) is 54.7. The molecule has 0 heterocycles. The Labute approximate surface area is 412 Å². The Morgan fingerprint density at radius 3 is 1.05 bits per heavy atom. The molecule has 0 aliphatic carbocycles. The second-order valence-electron chi connectivity index (χ2n) is 19.9. The van der Waals surface area contributed by atoms with Crippen molar-refractivity contribution in [2.24, 2.45) is 0 Å². The predicted octanol–water partition coefficient (Wildman–Crippen LogP) is 20.1. The molecule has 0 aliphatic heterocycles. The largest absolute Gasteiger partial charge is 0.462 e. The van der Waals surface area contributed by atoms with Crippen LogP contribution < -0.4 is 0 Å². The van der Waals surface area contributed by atoms with Crippen LogP contribution in [0.25, 0.3) is 0 Å². The normalized spacial score (nSPS) is 12.3. The number of allylic oxidation sites excluding steroid dienone is 6. The maximum Gasteiger partial charge on any atom is 0.306 e. The van der Waals surface area contributed by atoms with Gasteiger partial charge in [-0.15, -0.1) is 0 Å². The summed E-state index contributed by atoms with van der Waals surface area (Å²) < 4.78 is 17.5. The average molecular weight is 928 g/mol. The number of ether oxygens (including phenoxy) is 3. The molecule has 0 bridgehead atoms. The summed E-state index contributed by atoms with van der Waals surface area (Å²) in [7, 11) is 0. The van der Waals surface area contributed by atoms with Crippen molar-refractivity contribution in [1.82, 2.24) is 0 Å². The van der Waals surface area contributed by atoms with E-state index in [1.54, 1.807) is 0 Å². The second-order valence-corrected chi connectivity index (χ2v) is 19.9. The molecule has 0 spiro atoms. The molecule has 388 valence electrons. The molecule has 0 aliphatic rings. The van der Waals surface area contributed by atoms with E-state index in [9.17, 15) is 9.59 Å². The maximum absolute atomic E-state index is 12.8. The van der Waals surface area contributed by atoms with Gasteiger partial charge in [-0.2, -0.15) is 0 Å². The molecule has 5 heteroatoms. The van der Waals surface area contributed by atoms with Gasteiger partial charge in [0, 0.05) is 19.4 Å². The van der Waals surface area contributed by atoms with E-state index >= 15 is 0 Å². The Morgan fingerprint density at radius 1 is 0.333 bits per heavy atom. The van der Waals surface area contributed by atoms with E-state index in [4.69, 9.17) is 14.2 Å². The minimum atomic E-state index is -0.534. The zero-order valence-electron chi connectivity index (χ0n) is 44.7. The molecular weight excluding hydrogens is 813 g/mol. The van der Waals surface area contributed by atoms with E-state index in [1.165, 1.54) is 238 Å². The second kappa shape index (κ2) is 57.4. The first-order chi connectivity index (χ1) is 32.6. The van der Waals surface area contributed by atoms with Crippen molar-refractivity contribution in [3.05, 3.63) is 36.5 Å². The van der Waals surface area contributed by atoms with Gasteiger partial charge < -0.3 is 14.2 Å². The molecule has 0 aromatic carbocycles. The van der Waals surface area contributed by atoms with Gasteiger partial charge in [0.05, 0.1) is 6.61 Å². The predicted molar refractivity (Wildman–Crippen MR) is 288 cm³/mol. The van der Waals surface area contributed by atoms with Crippen LogP contribution in [0, 0.1) is 0 Å². The van der Waals surface area contributed by atoms with Gasteiger partial charge in [0.25, 0.3) is 0 Å². The summed E-state index contributed by atoms with van der Waals surface area (Å²) in [5.74, 6) is -0.383. The zero-order valence-corrected chi connectivity index (χ0v) is 44.7. The van der Waals surface area contributed by atoms with Crippen molar-refractivity contribution >= 4 is 11.9 Å². The zero-order chi connectivity index (χ0) is 47.7. The Morgan fingerprint density at radius 2 is 0.636 bits per heavy atom. The molecule has 0 aromatic heterocycles. The fourth-order valence-corrected chi connectivity index (χ4v) is 8.71. The molecule has 1 atom stereocenters. The van der Waals surface area contributed by atoms with Crippen molar-refractivity contribution in [2.75, 3.05) is 19.8 Å². The first-order valence-corrected chi connectivity index (χ1v) is 29.5. The van der Waals surface area contributed by atoms with Crippen molar-refractivity contribution in [2.45, 2.75) is 322 Å². The average Bonchev–Trinajstić information content (AvgIpc) is 3.32. The lowest BCUT2D eigenvalue weighted by molar-refractivity contribution is -0.163. The molecule has 0 saturated carbocycles. The summed E-state index contributed by atoms with van der Waals surface area (Å²) >= 11 is 0. The highest BCUT2D eigenvalue weighted by Crippen LogP contribution is 2.16. The van der Waals surface area contributed by atoms with E-state index in [0.717, 1.165) is 44.9 Å². The van der Waals surface area contributed by atoms with Gasteiger partial charge in [-0.1, -0.05) is 263 Å². The summed E-state index contributed by atoms with van der Waals surface area (Å²) in [6.07, 6.45) is 70.2. The molecule has 1 unspecified atom stereocenters. The number of hydrogen-bond acceptors (Lipinski definition) is 5. The SMILES string of the molecule is CCCCC/C=C\C/C=C\CCCCCCCCCCCCOCC(COC(=O)CCCCCCCCCCC/C=C\CCCCCCCC)OC(=O)CCCCCCCCCCCCC. The van der Waals surface area contributed by atoms with E-state index in [2.05, 4.69) is 57.2 Å². The smallest absolute Gasteiger partial charge is 0.306 e. The molecule has 0 fully saturated rings. The Kier molecular flexibility index (Phi) is 55.8. The molecular formula is C61H114O5. The van der Waals surface area contributed by atoms with Crippen LogP contribution >= 0.6 is 0 Å².